The summed E-state index contributed by atoms with van der Waals surface area (Å²) >= 11 is 1.19. The van der Waals surface area contributed by atoms with Crippen LogP contribution in [0.1, 0.15) is 40.0 Å². The molecule has 0 saturated carbocycles. The summed E-state index contributed by atoms with van der Waals surface area (Å²) in [5.41, 5.74) is 1.24. The van der Waals surface area contributed by atoms with E-state index in [9.17, 15) is 4.79 Å². The zero-order valence-corrected chi connectivity index (χ0v) is 12.3. The van der Waals surface area contributed by atoms with E-state index < -0.39 is 5.97 Å². The number of carboxylic acid groups (broad SMARTS) is 1. The van der Waals surface area contributed by atoms with Gasteiger partial charge in [0, 0.05) is 6.42 Å². The highest BCUT2D eigenvalue weighted by atomic mass is 32.1. The lowest BCUT2D eigenvalue weighted by molar-refractivity contribution is 0.0702. The summed E-state index contributed by atoms with van der Waals surface area (Å²) in [6.07, 6.45) is 2.01. The molecule has 1 heterocycles. The van der Waals surface area contributed by atoms with Gasteiger partial charge in [-0.3, -0.25) is 0 Å². The van der Waals surface area contributed by atoms with E-state index in [4.69, 9.17) is 9.84 Å². The molecule has 1 aromatic carbocycles. The Balaban J connectivity index is 1.89. The molecular formula is C15H17NO3S. The van der Waals surface area contributed by atoms with Gasteiger partial charge in [0.2, 0.25) is 0 Å². The van der Waals surface area contributed by atoms with Gasteiger partial charge in [0.25, 0.3) is 0 Å². The first-order valence-electron chi connectivity index (χ1n) is 6.47. The molecule has 2 aromatic rings. The fraction of sp³-hybridized carbons (Fsp3) is 0.333. The maximum absolute atomic E-state index is 10.7. The van der Waals surface area contributed by atoms with Gasteiger partial charge >= 0.3 is 5.97 Å². The van der Waals surface area contributed by atoms with Crippen LogP contribution in [-0.2, 0) is 6.42 Å². The van der Waals surface area contributed by atoms with Crippen LogP contribution >= 0.6 is 11.3 Å². The summed E-state index contributed by atoms with van der Waals surface area (Å²) in [4.78, 5) is 15.1. The molecule has 0 fully saturated rings. The highest BCUT2D eigenvalue weighted by Gasteiger charge is 2.08. The predicted molar refractivity (Wildman–Crippen MR) is 78.8 cm³/mol. The van der Waals surface area contributed by atoms with Crippen molar-refractivity contribution in [2.45, 2.75) is 26.2 Å². The number of aromatic carboxylic acids is 1. The zero-order chi connectivity index (χ0) is 14.5. The lowest BCUT2D eigenvalue weighted by atomic mass is 10.0. The Morgan fingerprint density at radius 2 is 2.25 bits per heavy atom. The lowest BCUT2D eigenvalue weighted by Crippen LogP contribution is -2.01. The third-order valence-electron chi connectivity index (χ3n) is 2.87. The molecule has 0 saturated heterocycles. The van der Waals surface area contributed by atoms with E-state index in [1.807, 2.05) is 18.2 Å². The Kier molecular flexibility index (Phi) is 4.74. The standard InChI is InChI=1S/C15H17NO3S/c1-10(2)11-4-3-5-12(8-11)19-7-6-14-16-9-13(20-14)15(17)18/h3-5,8-10H,6-7H2,1-2H3,(H,17,18). The van der Waals surface area contributed by atoms with Crippen LogP contribution in [0, 0.1) is 0 Å². The molecule has 20 heavy (non-hydrogen) atoms. The summed E-state index contributed by atoms with van der Waals surface area (Å²) in [6.45, 7) is 4.78. The number of ether oxygens (including phenoxy) is 1. The number of benzene rings is 1. The molecule has 106 valence electrons. The molecule has 4 nitrogen and oxygen atoms in total. The van der Waals surface area contributed by atoms with Crippen LogP contribution in [0.4, 0.5) is 0 Å². The maximum atomic E-state index is 10.7. The molecule has 5 heteroatoms. The second-order valence-electron chi connectivity index (χ2n) is 4.75. The number of rotatable bonds is 6. The zero-order valence-electron chi connectivity index (χ0n) is 11.5. The Morgan fingerprint density at radius 1 is 1.45 bits per heavy atom. The molecule has 0 radical (unpaired) electrons. The van der Waals surface area contributed by atoms with Crippen molar-refractivity contribution in [1.29, 1.82) is 0 Å². The summed E-state index contributed by atoms with van der Waals surface area (Å²) in [6, 6.07) is 8.03. The number of carbonyl (C=O) groups is 1. The van der Waals surface area contributed by atoms with Crippen molar-refractivity contribution in [3.8, 4) is 5.75 Å². The molecule has 0 aliphatic heterocycles. The molecule has 0 aliphatic rings. The van der Waals surface area contributed by atoms with Gasteiger partial charge in [-0.25, -0.2) is 9.78 Å². The Bertz CT molecular complexity index is 592. The second-order valence-corrected chi connectivity index (χ2v) is 5.86. The minimum Gasteiger partial charge on any atom is -0.493 e. The number of hydrogen-bond donors (Lipinski definition) is 1. The Hall–Kier alpha value is -1.88. The number of carboxylic acids is 1. The van der Waals surface area contributed by atoms with Crippen LogP contribution in [0.15, 0.2) is 30.5 Å². The van der Waals surface area contributed by atoms with Gasteiger partial charge in [-0.05, 0) is 23.6 Å². The normalized spacial score (nSPS) is 10.8. The Morgan fingerprint density at radius 3 is 2.90 bits per heavy atom. The second kappa shape index (κ2) is 6.52. The third-order valence-corrected chi connectivity index (χ3v) is 3.92. The van der Waals surface area contributed by atoms with Crippen LogP contribution in [0.25, 0.3) is 0 Å². The van der Waals surface area contributed by atoms with Crippen LogP contribution in [0.3, 0.4) is 0 Å². The van der Waals surface area contributed by atoms with E-state index >= 15 is 0 Å². The fourth-order valence-electron chi connectivity index (χ4n) is 1.74. The van der Waals surface area contributed by atoms with E-state index in [1.165, 1.54) is 23.1 Å². The van der Waals surface area contributed by atoms with Crippen molar-refractivity contribution in [1.82, 2.24) is 4.98 Å². The largest absolute Gasteiger partial charge is 0.493 e. The summed E-state index contributed by atoms with van der Waals surface area (Å²) < 4.78 is 5.69. The van der Waals surface area contributed by atoms with Crippen molar-refractivity contribution in [2.24, 2.45) is 0 Å². The molecule has 0 bridgehead atoms. The fourth-order valence-corrected chi connectivity index (χ4v) is 2.48. The molecule has 1 N–H and O–H groups in total. The third kappa shape index (κ3) is 3.81. The minimum absolute atomic E-state index is 0.266. The Labute approximate surface area is 122 Å². The monoisotopic (exact) mass is 291 g/mol. The number of nitrogens with zero attached hydrogens (tertiary/aromatic N) is 1. The maximum Gasteiger partial charge on any atom is 0.347 e. The van der Waals surface area contributed by atoms with Crippen LogP contribution in [0.5, 0.6) is 5.75 Å². The molecule has 0 atom stereocenters. The van der Waals surface area contributed by atoms with Crippen LogP contribution < -0.4 is 4.74 Å². The number of hydrogen-bond acceptors (Lipinski definition) is 4. The molecule has 0 unspecified atom stereocenters. The SMILES string of the molecule is CC(C)c1cccc(OCCc2ncc(C(=O)O)s2)c1. The summed E-state index contributed by atoms with van der Waals surface area (Å²) in [5, 5.41) is 9.60. The van der Waals surface area contributed by atoms with E-state index in [1.54, 1.807) is 0 Å². The molecule has 0 spiro atoms. The molecular weight excluding hydrogens is 274 g/mol. The van der Waals surface area contributed by atoms with Gasteiger partial charge in [0.15, 0.2) is 0 Å². The van der Waals surface area contributed by atoms with E-state index in [0.29, 0.717) is 18.9 Å². The van der Waals surface area contributed by atoms with Crippen molar-refractivity contribution < 1.29 is 14.6 Å². The first-order valence-corrected chi connectivity index (χ1v) is 7.28. The van der Waals surface area contributed by atoms with E-state index in [-0.39, 0.29) is 4.88 Å². The van der Waals surface area contributed by atoms with Gasteiger partial charge in [0.1, 0.15) is 10.6 Å². The van der Waals surface area contributed by atoms with Gasteiger partial charge in [0.05, 0.1) is 17.8 Å². The topological polar surface area (TPSA) is 59.4 Å². The van der Waals surface area contributed by atoms with Crippen LogP contribution in [-0.4, -0.2) is 22.7 Å². The highest BCUT2D eigenvalue weighted by Crippen LogP contribution is 2.20. The minimum atomic E-state index is -0.931. The van der Waals surface area contributed by atoms with Crippen molar-refractivity contribution in [3.05, 3.63) is 45.9 Å². The van der Waals surface area contributed by atoms with Crippen molar-refractivity contribution >= 4 is 17.3 Å². The number of aromatic nitrogens is 1. The van der Waals surface area contributed by atoms with Gasteiger partial charge in [-0.15, -0.1) is 11.3 Å². The molecule has 0 amide bonds. The first-order chi connectivity index (χ1) is 9.56. The highest BCUT2D eigenvalue weighted by molar-refractivity contribution is 7.13. The van der Waals surface area contributed by atoms with Crippen molar-refractivity contribution in [3.63, 3.8) is 0 Å². The van der Waals surface area contributed by atoms with Crippen molar-refractivity contribution in [2.75, 3.05) is 6.61 Å². The average Bonchev–Trinajstić information content (AvgIpc) is 2.88. The number of thiazole rings is 1. The van der Waals surface area contributed by atoms with Gasteiger partial charge in [-0.2, -0.15) is 0 Å². The first kappa shape index (κ1) is 14.5. The summed E-state index contributed by atoms with van der Waals surface area (Å²) in [5.74, 6) is 0.376. The van der Waals surface area contributed by atoms with Crippen LogP contribution in [0.2, 0.25) is 0 Å². The smallest absolute Gasteiger partial charge is 0.347 e. The quantitative estimate of drug-likeness (QED) is 0.883. The molecule has 2 rings (SSSR count). The lowest BCUT2D eigenvalue weighted by Gasteiger charge is -2.09. The van der Waals surface area contributed by atoms with E-state index in [2.05, 4.69) is 24.9 Å². The van der Waals surface area contributed by atoms with Gasteiger partial charge < -0.3 is 9.84 Å². The molecule has 0 aliphatic carbocycles. The predicted octanol–water partition coefficient (Wildman–Crippen LogP) is 3.59. The summed E-state index contributed by atoms with van der Waals surface area (Å²) in [7, 11) is 0. The van der Waals surface area contributed by atoms with E-state index in [0.717, 1.165) is 10.8 Å². The molecule has 1 aromatic heterocycles. The van der Waals surface area contributed by atoms with Gasteiger partial charge in [-0.1, -0.05) is 26.0 Å². The average molecular weight is 291 g/mol.